The highest BCUT2D eigenvalue weighted by atomic mass is 32.2. The lowest BCUT2D eigenvalue weighted by atomic mass is 10.0. The van der Waals surface area contributed by atoms with Gasteiger partial charge in [-0.1, -0.05) is 30.3 Å². The first kappa shape index (κ1) is 27.1. The minimum absolute atomic E-state index is 0.0791. The molecule has 0 saturated heterocycles. The summed E-state index contributed by atoms with van der Waals surface area (Å²) < 4.78 is 27.0. The van der Waals surface area contributed by atoms with Gasteiger partial charge in [0.15, 0.2) is 5.96 Å². The predicted octanol–water partition coefficient (Wildman–Crippen LogP) is -0.328. The van der Waals surface area contributed by atoms with Crippen molar-refractivity contribution >= 4 is 33.8 Å². The molecule has 38 heavy (non-hydrogen) atoms. The number of carboxylic acids is 1. The van der Waals surface area contributed by atoms with Gasteiger partial charge in [0, 0.05) is 44.8 Å². The quantitative estimate of drug-likeness (QED) is 0.257. The van der Waals surface area contributed by atoms with E-state index in [1.807, 2.05) is 6.07 Å². The maximum atomic E-state index is 12.9. The van der Waals surface area contributed by atoms with Crippen LogP contribution >= 0.6 is 0 Å². The van der Waals surface area contributed by atoms with Gasteiger partial charge in [-0.15, -0.1) is 0 Å². The number of carbonyl (C=O) groups excluding carboxylic acids is 2. The Labute approximate surface area is 220 Å². The van der Waals surface area contributed by atoms with Crippen molar-refractivity contribution in [3.05, 3.63) is 65.2 Å². The molecular formula is C25H30N6O6S. The van der Waals surface area contributed by atoms with E-state index >= 15 is 0 Å². The minimum atomic E-state index is -4.08. The molecule has 0 aromatic heterocycles. The summed E-state index contributed by atoms with van der Waals surface area (Å²) in [5.74, 6) is -1.30. The molecule has 5 N–H and O–H groups in total. The second-order valence-electron chi connectivity index (χ2n) is 8.96. The third kappa shape index (κ3) is 6.86. The summed E-state index contributed by atoms with van der Waals surface area (Å²) in [5.41, 5.74) is 1.99. The average Bonchev–Trinajstić information content (AvgIpc) is 3.22. The molecule has 0 spiro atoms. The van der Waals surface area contributed by atoms with Gasteiger partial charge in [-0.2, -0.15) is 4.72 Å². The van der Waals surface area contributed by atoms with Crippen molar-refractivity contribution in [1.29, 1.82) is 0 Å². The van der Waals surface area contributed by atoms with Crippen LogP contribution in [0.25, 0.3) is 0 Å². The van der Waals surface area contributed by atoms with E-state index in [-0.39, 0.29) is 17.2 Å². The summed E-state index contributed by atoms with van der Waals surface area (Å²) in [7, 11) is -4.08. The highest BCUT2D eigenvalue weighted by Crippen LogP contribution is 2.23. The zero-order valence-corrected chi connectivity index (χ0v) is 21.5. The van der Waals surface area contributed by atoms with E-state index in [9.17, 15) is 27.9 Å². The van der Waals surface area contributed by atoms with Crippen LogP contribution in [0.15, 0.2) is 58.4 Å². The Morgan fingerprint density at radius 3 is 2.66 bits per heavy atom. The second-order valence-corrected chi connectivity index (χ2v) is 10.7. The first-order chi connectivity index (χ1) is 18.2. The van der Waals surface area contributed by atoms with Crippen LogP contribution in [0.3, 0.4) is 0 Å². The van der Waals surface area contributed by atoms with Crippen LogP contribution in [-0.2, 0) is 32.6 Å². The summed E-state index contributed by atoms with van der Waals surface area (Å²) >= 11 is 0. The van der Waals surface area contributed by atoms with E-state index < -0.39 is 34.5 Å². The van der Waals surface area contributed by atoms with Crippen molar-refractivity contribution in [3.8, 4) is 0 Å². The van der Waals surface area contributed by atoms with Crippen molar-refractivity contribution in [1.82, 2.24) is 25.6 Å². The number of sulfonamides is 1. The average molecular weight is 543 g/mol. The molecule has 2 aliphatic heterocycles. The van der Waals surface area contributed by atoms with Crippen molar-refractivity contribution in [2.75, 3.05) is 32.7 Å². The first-order valence-corrected chi connectivity index (χ1v) is 13.7. The Bertz CT molecular complexity index is 1330. The zero-order valence-electron chi connectivity index (χ0n) is 20.6. The Morgan fingerprint density at radius 1 is 1.16 bits per heavy atom. The van der Waals surface area contributed by atoms with Gasteiger partial charge < -0.3 is 26.0 Å². The summed E-state index contributed by atoms with van der Waals surface area (Å²) in [6, 6.07) is 11.0. The molecule has 0 radical (unpaired) electrons. The second kappa shape index (κ2) is 12.0. The molecule has 12 nitrogen and oxygen atoms in total. The number of aliphatic carboxylic acids is 1. The molecule has 2 aromatic rings. The predicted molar refractivity (Wildman–Crippen MR) is 139 cm³/mol. The molecule has 0 saturated carbocycles. The van der Waals surface area contributed by atoms with E-state index in [0.29, 0.717) is 30.8 Å². The fourth-order valence-corrected chi connectivity index (χ4v) is 5.37. The summed E-state index contributed by atoms with van der Waals surface area (Å²) in [4.78, 5) is 43.0. The fourth-order valence-electron chi connectivity index (χ4n) is 4.16. The molecule has 13 heteroatoms. The van der Waals surface area contributed by atoms with Gasteiger partial charge in [0.2, 0.25) is 15.9 Å². The first-order valence-electron chi connectivity index (χ1n) is 12.2. The topological polar surface area (TPSA) is 169 Å². The van der Waals surface area contributed by atoms with Crippen molar-refractivity contribution in [2.45, 2.75) is 30.3 Å². The van der Waals surface area contributed by atoms with Crippen molar-refractivity contribution in [3.63, 3.8) is 0 Å². The van der Waals surface area contributed by atoms with Crippen LogP contribution in [0.5, 0.6) is 0 Å². The van der Waals surface area contributed by atoms with Crippen LogP contribution in [-0.4, -0.2) is 80.9 Å². The molecule has 0 fully saturated rings. The third-order valence-electron chi connectivity index (χ3n) is 6.14. The Hall–Kier alpha value is -3.97. The van der Waals surface area contributed by atoms with E-state index in [1.165, 1.54) is 24.3 Å². The number of nitrogens with zero attached hydrogens (tertiary/aromatic N) is 2. The number of guanidine groups is 1. The van der Waals surface area contributed by atoms with Crippen molar-refractivity contribution in [2.24, 2.45) is 4.99 Å². The van der Waals surface area contributed by atoms with Gasteiger partial charge in [0.1, 0.15) is 6.04 Å². The van der Waals surface area contributed by atoms with E-state index in [1.54, 1.807) is 23.1 Å². The normalized spacial score (nSPS) is 15.7. The fraction of sp³-hybridized carbons (Fsp3) is 0.360. The van der Waals surface area contributed by atoms with E-state index in [2.05, 4.69) is 25.7 Å². The Kier molecular flexibility index (Phi) is 8.59. The number of carbonyl (C=O) groups is 3. The molecule has 1 atom stereocenters. The summed E-state index contributed by atoms with van der Waals surface area (Å²) in [6.07, 6.45) is 0.907. The van der Waals surface area contributed by atoms with Gasteiger partial charge in [-0.25, -0.2) is 8.42 Å². The van der Waals surface area contributed by atoms with E-state index in [0.717, 1.165) is 31.0 Å². The van der Waals surface area contributed by atoms with Gasteiger partial charge >= 0.3 is 5.97 Å². The number of nitrogens with one attached hydrogen (secondary N) is 4. The third-order valence-corrected chi connectivity index (χ3v) is 7.63. The van der Waals surface area contributed by atoms with Gasteiger partial charge in [0.25, 0.3) is 5.91 Å². The zero-order chi connectivity index (χ0) is 27.1. The molecular weight excluding hydrogens is 512 g/mol. The Balaban J connectivity index is 1.29. The van der Waals surface area contributed by atoms with Crippen molar-refractivity contribution < 1.29 is 27.9 Å². The van der Waals surface area contributed by atoms with Crippen LogP contribution in [0.2, 0.25) is 0 Å². The number of carboxylic acid groups (broad SMARTS) is 1. The molecule has 202 valence electrons. The molecule has 2 aromatic carbocycles. The maximum Gasteiger partial charge on any atom is 0.323 e. The SMILES string of the molecule is O=C(Cc1ccc2c(c1)C(=O)N(CCNC1=NCCCN1)C2)NC[C@H](NS(=O)(=O)c1ccccc1)C(=O)O. The minimum Gasteiger partial charge on any atom is -0.480 e. The lowest BCUT2D eigenvalue weighted by Gasteiger charge is -2.19. The van der Waals surface area contributed by atoms with Crippen LogP contribution in [0.4, 0.5) is 0 Å². The summed E-state index contributed by atoms with van der Waals surface area (Å²) in [6.45, 7) is 2.74. The number of benzene rings is 2. The smallest absolute Gasteiger partial charge is 0.323 e. The number of fused-ring (bicyclic) bond motifs is 1. The van der Waals surface area contributed by atoms with Crippen LogP contribution in [0.1, 0.15) is 27.9 Å². The summed E-state index contributed by atoms with van der Waals surface area (Å²) in [5, 5.41) is 18.3. The Morgan fingerprint density at radius 2 is 1.95 bits per heavy atom. The molecule has 0 bridgehead atoms. The van der Waals surface area contributed by atoms with Crippen LogP contribution in [0, 0.1) is 0 Å². The molecule has 2 amide bonds. The standard InChI is InChI=1S/C25H30N6O6S/c32-22(29-15-21(24(34)35)30-38(36,37)19-5-2-1-3-6-19)14-17-7-8-18-16-31(23(33)20(18)13-17)12-11-28-25-26-9-4-10-27-25/h1-3,5-8,13,21,30H,4,9-12,14-16H2,(H,29,32)(H,34,35)(H2,26,27,28)/t21-/m0/s1. The molecule has 2 aliphatic rings. The number of hydrogen-bond acceptors (Lipinski definition) is 8. The number of rotatable bonds is 11. The lowest BCUT2D eigenvalue weighted by molar-refractivity contribution is -0.138. The molecule has 0 aliphatic carbocycles. The van der Waals surface area contributed by atoms with Gasteiger partial charge in [0.05, 0.1) is 11.3 Å². The number of aliphatic imine (C=N–C) groups is 1. The molecule has 4 rings (SSSR count). The van der Waals surface area contributed by atoms with Crippen LogP contribution < -0.4 is 20.7 Å². The molecule has 0 unspecified atom stereocenters. The number of amides is 2. The van der Waals surface area contributed by atoms with Gasteiger partial charge in [-0.3, -0.25) is 19.4 Å². The van der Waals surface area contributed by atoms with E-state index in [4.69, 9.17) is 0 Å². The largest absolute Gasteiger partial charge is 0.480 e. The molecule has 2 heterocycles. The highest BCUT2D eigenvalue weighted by molar-refractivity contribution is 7.89. The van der Waals surface area contributed by atoms with Gasteiger partial charge in [-0.05, 0) is 35.7 Å². The maximum absolute atomic E-state index is 12.9. The highest BCUT2D eigenvalue weighted by Gasteiger charge is 2.28. The number of hydrogen-bond donors (Lipinski definition) is 5. The lowest BCUT2D eigenvalue weighted by Crippen LogP contribution is -2.48. The monoisotopic (exact) mass is 542 g/mol.